The summed E-state index contributed by atoms with van der Waals surface area (Å²) in [5, 5.41) is 1.97. The molecule has 0 saturated heterocycles. The van der Waals surface area contributed by atoms with Crippen molar-refractivity contribution in [2.45, 2.75) is 6.04 Å². The number of hydrogen-bond donors (Lipinski definition) is 2. The first kappa shape index (κ1) is 11.1. The molecule has 4 nitrogen and oxygen atoms in total. The zero-order valence-corrected chi connectivity index (χ0v) is 9.70. The summed E-state index contributed by atoms with van der Waals surface area (Å²) in [6.07, 6.45) is 0. The molecule has 0 fully saturated rings. The average molecular weight is 235 g/mol. The third-order valence-electron chi connectivity index (χ3n) is 2.36. The van der Waals surface area contributed by atoms with E-state index in [1.165, 1.54) is 0 Å². The third-order valence-corrected chi connectivity index (χ3v) is 2.97. The molecule has 1 unspecified atom stereocenters. The minimum Gasteiger partial charge on any atom is -0.496 e. The summed E-state index contributed by atoms with van der Waals surface area (Å²) in [7, 11) is 1.65. The highest BCUT2D eigenvalue weighted by Crippen LogP contribution is 2.28. The largest absolute Gasteiger partial charge is 0.496 e. The number of nitrogens with zero attached hydrogens (tertiary/aromatic N) is 1. The second-order valence-electron chi connectivity index (χ2n) is 3.25. The van der Waals surface area contributed by atoms with Crippen LogP contribution in [0, 0.1) is 0 Å². The van der Waals surface area contributed by atoms with Crippen molar-refractivity contribution in [2.24, 2.45) is 5.84 Å². The van der Waals surface area contributed by atoms with E-state index in [4.69, 9.17) is 10.6 Å². The van der Waals surface area contributed by atoms with E-state index in [9.17, 15) is 0 Å². The molecule has 1 aromatic carbocycles. The predicted octanol–water partition coefficient (Wildman–Crippen LogP) is 1.70. The quantitative estimate of drug-likeness (QED) is 0.625. The summed E-state index contributed by atoms with van der Waals surface area (Å²) < 4.78 is 5.31. The van der Waals surface area contributed by atoms with Crippen molar-refractivity contribution in [2.75, 3.05) is 7.11 Å². The molecule has 1 atom stereocenters. The zero-order chi connectivity index (χ0) is 11.4. The molecular weight excluding hydrogens is 222 g/mol. The molecule has 0 aliphatic rings. The van der Waals surface area contributed by atoms with Crippen LogP contribution in [-0.2, 0) is 0 Å². The van der Waals surface area contributed by atoms with E-state index in [0.717, 1.165) is 17.0 Å². The van der Waals surface area contributed by atoms with Gasteiger partial charge in [0.05, 0.1) is 24.4 Å². The molecule has 0 saturated carbocycles. The van der Waals surface area contributed by atoms with Gasteiger partial charge in [0.1, 0.15) is 5.75 Å². The van der Waals surface area contributed by atoms with Gasteiger partial charge in [-0.05, 0) is 6.07 Å². The van der Waals surface area contributed by atoms with E-state index in [-0.39, 0.29) is 6.04 Å². The summed E-state index contributed by atoms with van der Waals surface area (Å²) in [6, 6.07) is 7.63. The van der Waals surface area contributed by atoms with Gasteiger partial charge in [0.2, 0.25) is 0 Å². The van der Waals surface area contributed by atoms with Crippen molar-refractivity contribution in [1.82, 2.24) is 10.4 Å². The van der Waals surface area contributed by atoms with Crippen LogP contribution in [-0.4, -0.2) is 12.1 Å². The van der Waals surface area contributed by atoms with E-state index < -0.39 is 0 Å². The molecule has 1 heterocycles. The molecule has 0 bridgehead atoms. The van der Waals surface area contributed by atoms with Crippen LogP contribution in [0.3, 0.4) is 0 Å². The van der Waals surface area contributed by atoms with Crippen molar-refractivity contribution in [3.63, 3.8) is 0 Å². The van der Waals surface area contributed by atoms with Gasteiger partial charge < -0.3 is 4.74 Å². The van der Waals surface area contributed by atoms with Gasteiger partial charge in [0, 0.05) is 10.9 Å². The SMILES string of the molecule is COc1ccccc1C(NN)c1cscn1. The first-order chi connectivity index (χ1) is 7.86. The van der Waals surface area contributed by atoms with Crippen molar-refractivity contribution in [3.05, 3.63) is 46.4 Å². The second-order valence-corrected chi connectivity index (χ2v) is 3.97. The number of para-hydroxylation sites is 1. The number of nitrogens with two attached hydrogens (primary N) is 1. The number of hydrazine groups is 1. The fraction of sp³-hybridized carbons (Fsp3) is 0.182. The number of rotatable bonds is 4. The average Bonchev–Trinajstić information content (AvgIpc) is 2.84. The summed E-state index contributed by atoms with van der Waals surface area (Å²) in [6.45, 7) is 0. The van der Waals surface area contributed by atoms with Crippen LogP contribution in [0.15, 0.2) is 35.2 Å². The van der Waals surface area contributed by atoms with Crippen molar-refractivity contribution in [1.29, 1.82) is 0 Å². The van der Waals surface area contributed by atoms with Gasteiger partial charge in [-0.3, -0.25) is 5.84 Å². The monoisotopic (exact) mass is 235 g/mol. The highest BCUT2D eigenvalue weighted by atomic mass is 32.1. The maximum Gasteiger partial charge on any atom is 0.124 e. The number of aromatic nitrogens is 1. The summed E-state index contributed by atoms with van der Waals surface area (Å²) in [4.78, 5) is 4.26. The molecule has 0 amide bonds. The Balaban J connectivity index is 2.41. The molecule has 16 heavy (non-hydrogen) atoms. The first-order valence-corrected chi connectivity index (χ1v) is 5.78. The molecule has 84 valence electrons. The Labute approximate surface area is 98.1 Å². The normalized spacial score (nSPS) is 12.4. The van der Waals surface area contributed by atoms with Gasteiger partial charge in [-0.1, -0.05) is 18.2 Å². The fourth-order valence-corrected chi connectivity index (χ4v) is 2.18. The molecular formula is C11H13N3OS. The van der Waals surface area contributed by atoms with Crippen molar-refractivity contribution >= 4 is 11.3 Å². The van der Waals surface area contributed by atoms with Gasteiger partial charge in [-0.15, -0.1) is 11.3 Å². The maximum atomic E-state index is 5.58. The lowest BCUT2D eigenvalue weighted by Crippen LogP contribution is -2.29. The molecule has 0 spiro atoms. The number of methoxy groups -OCH3 is 1. The van der Waals surface area contributed by atoms with E-state index >= 15 is 0 Å². The lowest BCUT2D eigenvalue weighted by Gasteiger charge is -2.16. The van der Waals surface area contributed by atoms with Crippen molar-refractivity contribution < 1.29 is 4.74 Å². The molecule has 0 aliphatic carbocycles. The van der Waals surface area contributed by atoms with Crippen molar-refractivity contribution in [3.8, 4) is 5.75 Å². The van der Waals surface area contributed by atoms with Gasteiger partial charge in [-0.25, -0.2) is 10.4 Å². The molecule has 2 aromatic rings. The Hall–Kier alpha value is -1.43. The highest BCUT2D eigenvalue weighted by molar-refractivity contribution is 7.07. The molecule has 1 aromatic heterocycles. The Bertz CT molecular complexity index is 444. The lowest BCUT2D eigenvalue weighted by molar-refractivity contribution is 0.404. The minimum atomic E-state index is -0.137. The van der Waals surface area contributed by atoms with E-state index in [1.807, 2.05) is 29.6 Å². The van der Waals surface area contributed by atoms with Crippen LogP contribution in [0.5, 0.6) is 5.75 Å². The standard InChI is InChI=1S/C11H13N3OS/c1-15-10-5-3-2-4-8(10)11(14-12)9-6-16-7-13-9/h2-7,11,14H,12H2,1H3. The molecule has 3 N–H and O–H groups in total. The minimum absolute atomic E-state index is 0.137. The van der Waals surface area contributed by atoms with Gasteiger partial charge >= 0.3 is 0 Å². The van der Waals surface area contributed by atoms with E-state index in [1.54, 1.807) is 24.0 Å². The molecule has 0 radical (unpaired) electrons. The van der Waals surface area contributed by atoms with Crippen LogP contribution < -0.4 is 16.0 Å². The first-order valence-electron chi connectivity index (χ1n) is 4.84. The Morgan fingerprint density at radius 1 is 1.44 bits per heavy atom. The predicted molar refractivity (Wildman–Crippen MR) is 64.3 cm³/mol. The Morgan fingerprint density at radius 2 is 2.25 bits per heavy atom. The van der Waals surface area contributed by atoms with Crippen LogP contribution in [0.1, 0.15) is 17.3 Å². The Morgan fingerprint density at radius 3 is 2.88 bits per heavy atom. The van der Waals surface area contributed by atoms with Crippen LogP contribution in [0.2, 0.25) is 0 Å². The number of benzene rings is 1. The topological polar surface area (TPSA) is 60.2 Å². The fourth-order valence-electron chi connectivity index (χ4n) is 1.60. The van der Waals surface area contributed by atoms with Gasteiger partial charge in [0.15, 0.2) is 0 Å². The van der Waals surface area contributed by atoms with Crippen LogP contribution in [0.25, 0.3) is 0 Å². The lowest BCUT2D eigenvalue weighted by atomic mass is 10.0. The highest BCUT2D eigenvalue weighted by Gasteiger charge is 2.17. The van der Waals surface area contributed by atoms with Gasteiger partial charge in [0.25, 0.3) is 0 Å². The second kappa shape index (κ2) is 5.07. The molecule has 2 rings (SSSR count). The number of thiazole rings is 1. The Kier molecular flexibility index (Phi) is 3.51. The maximum absolute atomic E-state index is 5.58. The smallest absolute Gasteiger partial charge is 0.124 e. The number of ether oxygens (including phenoxy) is 1. The number of nitrogens with one attached hydrogen (secondary N) is 1. The van der Waals surface area contributed by atoms with Crippen LogP contribution in [0.4, 0.5) is 0 Å². The summed E-state index contributed by atoms with van der Waals surface area (Å²) in [5.74, 6) is 6.38. The van der Waals surface area contributed by atoms with Gasteiger partial charge in [-0.2, -0.15) is 0 Å². The molecule has 0 aliphatic heterocycles. The summed E-state index contributed by atoms with van der Waals surface area (Å²) >= 11 is 1.54. The molecule has 5 heteroatoms. The number of hydrogen-bond acceptors (Lipinski definition) is 5. The zero-order valence-electron chi connectivity index (χ0n) is 8.88. The summed E-state index contributed by atoms with van der Waals surface area (Å²) in [5.41, 5.74) is 6.43. The van der Waals surface area contributed by atoms with Crippen LogP contribution >= 0.6 is 11.3 Å². The van der Waals surface area contributed by atoms with E-state index in [2.05, 4.69) is 10.4 Å². The van der Waals surface area contributed by atoms with E-state index in [0.29, 0.717) is 0 Å². The third kappa shape index (κ3) is 2.06.